The van der Waals surface area contributed by atoms with E-state index in [0.29, 0.717) is 5.56 Å². The Morgan fingerprint density at radius 2 is 1.79 bits per heavy atom. The Bertz CT molecular complexity index is 801. The van der Waals surface area contributed by atoms with E-state index < -0.39 is 0 Å². The molecule has 0 radical (unpaired) electrons. The maximum atomic E-state index is 12.9. The molecule has 1 fully saturated rings. The van der Waals surface area contributed by atoms with Crippen molar-refractivity contribution in [2.24, 2.45) is 0 Å². The van der Waals surface area contributed by atoms with Crippen molar-refractivity contribution < 1.29 is 4.79 Å². The molecular formula is C23H27N3OS. The molecule has 0 aromatic heterocycles. The number of rotatable bonds is 6. The van der Waals surface area contributed by atoms with Crippen molar-refractivity contribution in [1.29, 1.82) is 5.26 Å². The van der Waals surface area contributed by atoms with Gasteiger partial charge in [-0.25, -0.2) is 0 Å². The molecule has 1 heterocycles. The largest absolute Gasteiger partial charge is 0.340 e. The molecule has 5 heteroatoms. The normalized spacial score (nSPS) is 16.2. The number of carbonyl (C=O) groups is 1. The van der Waals surface area contributed by atoms with Crippen LogP contribution in [0.2, 0.25) is 0 Å². The molecular weight excluding hydrogens is 366 g/mol. The highest BCUT2D eigenvalue weighted by Crippen LogP contribution is 2.20. The average Bonchev–Trinajstić information content (AvgIpc) is 2.98. The molecule has 1 saturated heterocycles. The second-order valence-corrected chi connectivity index (χ2v) is 8.53. The van der Waals surface area contributed by atoms with Crippen LogP contribution in [0.1, 0.15) is 30.0 Å². The first-order valence-corrected chi connectivity index (χ1v) is 10.9. The van der Waals surface area contributed by atoms with E-state index in [4.69, 9.17) is 5.26 Å². The summed E-state index contributed by atoms with van der Waals surface area (Å²) in [5.41, 5.74) is 3.17. The molecule has 2 aromatic carbocycles. The zero-order chi connectivity index (χ0) is 19.8. The van der Waals surface area contributed by atoms with Gasteiger partial charge in [0, 0.05) is 38.5 Å². The van der Waals surface area contributed by atoms with Gasteiger partial charge >= 0.3 is 0 Å². The van der Waals surface area contributed by atoms with Crippen molar-refractivity contribution in [3.8, 4) is 6.07 Å². The minimum Gasteiger partial charge on any atom is -0.340 e. The first-order valence-electron chi connectivity index (χ1n) is 9.81. The van der Waals surface area contributed by atoms with E-state index in [1.807, 2.05) is 54.3 Å². The van der Waals surface area contributed by atoms with Crippen LogP contribution < -0.4 is 0 Å². The first-order chi connectivity index (χ1) is 13.7. The molecule has 3 rings (SSSR count). The summed E-state index contributed by atoms with van der Waals surface area (Å²) < 4.78 is 0. The predicted molar refractivity (Wildman–Crippen MR) is 115 cm³/mol. The molecule has 2 aromatic rings. The smallest absolute Gasteiger partial charge is 0.235 e. The third kappa shape index (κ3) is 5.85. The van der Waals surface area contributed by atoms with Crippen LogP contribution in [0.25, 0.3) is 0 Å². The first kappa shape index (κ1) is 20.4. The second-order valence-electron chi connectivity index (χ2n) is 7.20. The number of benzene rings is 2. The van der Waals surface area contributed by atoms with Crippen molar-refractivity contribution in [2.75, 3.05) is 26.2 Å². The van der Waals surface area contributed by atoms with Gasteiger partial charge in [-0.05, 0) is 36.6 Å². The highest BCUT2D eigenvalue weighted by molar-refractivity contribution is 7.99. The van der Waals surface area contributed by atoms with Crippen LogP contribution in [-0.2, 0) is 17.1 Å². The number of hydrogen-bond donors (Lipinski definition) is 0. The number of amides is 1. The SMILES string of the molecule is CC(SCc1ccccc1)C(=O)N1CCCN(Cc2ccc(C#N)cc2)CC1. The van der Waals surface area contributed by atoms with Gasteiger partial charge in [0.25, 0.3) is 0 Å². The van der Waals surface area contributed by atoms with E-state index in [1.54, 1.807) is 11.8 Å². The van der Waals surface area contributed by atoms with Crippen LogP contribution in [-0.4, -0.2) is 47.1 Å². The molecule has 0 aliphatic carbocycles. The molecule has 1 aliphatic heterocycles. The topological polar surface area (TPSA) is 47.3 Å². The summed E-state index contributed by atoms with van der Waals surface area (Å²) in [7, 11) is 0. The molecule has 1 atom stereocenters. The van der Waals surface area contributed by atoms with E-state index in [9.17, 15) is 4.79 Å². The lowest BCUT2D eigenvalue weighted by Crippen LogP contribution is -2.39. The van der Waals surface area contributed by atoms with Gasteiger partial charge in [-0.3, -0.25) is 9.69 Å². The summed E-state index contributed by atoms with van der Waals surface area (Å²) in [4.78, 5) is 17.3. The summed E-state index contributed by atoms with van der Waals surface area (Å²) in [6.07, 6.45) is 0.998. The molecule has 4 nitrogen and oxygen atoms in total. The summed E-state index contributed by atoms with van der Waals surface area (Å²) in [6, 6.07) is 20.3. The van der Waals surface area contributed by atoms with Crippen LogP contribution in [0, 0.1) is 11.3 Å². The zero-order valence-electron chi connectivity index (χ0n) is 16.4. The van der Waals surface area contributed by atoms with Gasteiger partial charge in [-0.1, -0.05) is 42.5 Å². The van der Waals surface area contributed by atoms with Crippen molar-refractivity contribution in [1.82, 2.24) is 9.80 Å². The van der Waals surface area contributed by atoms with Gasteiger partial charge in [-0.2, -0.15) is 5.26 Å². The predicted octanol–water partition coefficient (Wildman–Crippen LogP) is 3.91. The molecule has 0 spiro atoms. The van der Waals surface area contributed by atoms with Gasteiger partial charge in [0.05, 0.1) is 16.9 Å². The Labute approximate surface area is 172 Å². The van der Waals surface area contributed by atoms with Gasteiger partial charge in [0.2, 0.25) is 5.91 Å². The van der Waals surface area contributed by atoms with E-state index in [0.717, 1.165) is 44.9 Å². The summed E-state index contributed by atoms with van der Waals surface area (Å²) >= 11 is 1.71. The quantitative estimate of drug-likeness (QED) is 0.746. The van der Waals surface area contributed by atoms with Crippen LogP contribution >= 0.6 is 11.8 Å². The second kappa shape index (κ2) is 10.3. The summed E-state index contributed by atoms with van der Waals surface area (Å²) in [6.45, 7) is 6.39. The Morgan fingerprint density at radius 3 is 2.50 bits per heavy atom. The van der Waals surface area contributed by atoms with Crippen LogP contribution in [0.3, 0.4) is 0 Å². The number of nitrogens with zero attached hydrogens (tertiary/aromatic N) is 3. The molecule has 1 amide bonds. The molecule has 1 unspecified atom stereocenters. The fourth-order valence-electron chi connectivity index (χ4n) is 3.42. The minimum atomic E-state index is -0.0229. The lowest BCUT2D eigenvalue weighted by Gasteiger charge is -2.24. The summed E-state index contributed by atoms with van der Waals surface area (Å²) in [5.74, 6) is 1.12. The van der Waals surface area contributed by atoms with Crippen molar-refractivity contribution in [3.63, 3.8) is 0 Å². The van der Waals surface area contributed by atoms with Crippen molar-refractivity contribution >= 4 is 17.7 Å². The Balaban J connectivity index is 1.48. The maximum Gasteiger partial charge on any atom is 0.235 e. The van der Waals surface area contributed by atoms with E-state index in [2.05, 4.69) is 23.1 Å². The molecule has 28 heavy (non-hydrogen) atoms. The van der Waals surface area contributed by atoms with Gasteiger partial charge in [-0.15, -0.1) is 11.8 Å². The third-order valence-corrected chi connectivity index (χ3v) is 6.28. The molecule has 146 valence electrons. The Kier molecular flexibility index (Phi) is 7.53. The van der Waals surface area contributed by atoms with Crippen LogP contribution in [0.5, 0.6) is 0 Å². The maximum absolute atomic E-state index is 12.9. The number of nitriles is 1. The lowest BCUT2D eigenvalue weighted by molar-refractivity contribution is -0.130. The van der Waals surface area contributed by atoms with Crippen molar-refractivity contribution in [3.05, 3.63) is 71.3 Å². The number of thioether (sulfide) groups is 1. The lowest BCUT2D eigenvalue weighted by atomic mass is 10.1. The standard InChI is InChI=1S/C23H27N3OS/c1-19(28-18-22-6-3-2-4-7-22)23(27)26-13-5-12-25(14-15-26)17-21-10-8-20(16-24)9-11-21/h2-4,6-11,19H,5,12-15,17-18H2,1H3. The average molecular weight is 394 g/mol. The van der Waals surface area contributed by atoms with Gasteiger partial charge in [0.1, 0.15) is 0 Å². The monoisotopic (exact) mass is 393 g/mol. The van der Waals surface area contributed by atoms with Crippen molar-refractivity contribution in [2.45, 2.75) is 30.9 Å². The minimum absolute atomic E-state index is 0.0229. The molecule has 0 saturated carbocycles. The van der Waals surface area contributed by atoms with Crippen LogP contribution in [0.15, 0.2) is 54.6 Å². The number of carbonyl (C=O) groups excluding carboxylic acids is 1. The van der Waals surface area contributed by atoms with E-state index >= 15 is 0 Å². The fourth-order valence-corrected chi connectivity index (χ4v) is 4.34. The Morgan fingerprint density at radius 1 is 1.04 bits per heavy atom. The van der Waals surface area contributed by atoms with Gasteiger partial charge < -0.3 is 4.90 Å². The van der Waals surface area contributed by atoms with E-state index in [1.165, 1.54) is 11.1 Å². The van der Waals surface area contributed by atoms with Crippen LogP contribution in [0.4, 0.5) is 0 Å². The molecule has 0 N–H and O–H groups in total. The Hall–Kier alpha value is -2.29. The van der Waals surface area contributed by atoms with E-state index in [-0.39, 0.29) is 11.2 Å². The molecule has 1 aliphatic rings. The summed E-state index contributed by atoms with van der Waals surface area (Å²) in [5, 5.41) is 8.89. The highest BCUT2D eigenvalue weighted by atomic mass is 32.2. The fraction of sp³-hybridized carbons (Fsp3) is 0.391. The zero-order valence-corrected chi connectivity index (χ0v) is 17.2. The number of hydrogen-bond acceptors (Lipinski definition) is 4. The van der Waals surface area contributed by atoms with Gasteiger partial charge in [0.15, 0.2) is 0 Å². The molecule has 0 bridgehead atoms. The highest BCUT2D eigenvalue weighted by Gasteiger charge is 2.23. The third-order valence-electron chi connectivity index (χ3n) is 5.08.